The highest BCUT2D eigenvalue weighted by Crippen LogP contribution is 2.34. The van der Waals surface area contributed by atoms with Gasteiger partial charge >= 0.3 is 0 Å². The van der Waals surface area contributed by atoms with Crippen molar-refractivity contribution in [2.75, 3.05) is 21.3 Å². The molecule has 0 saturated heterocycles. The molecule has 0 saturated carbocycles. The van der Waals surface area contributed by atoms with Crippen molar-refractivity contribution in [1.29, 1.82) is 0 Å². The topological polar surface area (TPSA) is 53.5 Å². The van der Waals surface area contributed by atoms with E-state index in [0.717, 1.165) is 27.7 Å². The normalized spacial score (nSPS) is 10.6. The summed E-state index contributed by atoms with van der Waals surface area (Å²) in [5.74, 6) is 1.98. The van der Waals surface area contributed by atoms with Crippen molar-refractivity contribution in [3.8, 4) is 28.6 Å². The van der Waals surface area contributed by atoms with Crippen LogP contribution in [0.5, 0.6) is 17.4 Å². The smallest absolute Gasteiger partial charge is 0.212 e. The lowest BCUT2D eigenvalue weighted by Crippen LogP contribution is -1.94. The molecule has 3 aromatic rings. The molecule has 0 radical (unpaired) electrons. The quantitative estimate of drug-likeness (QED) is 0.736. The molecule has 5 nitrogen and oxygen atoms in total. The Labute approximate surface area is 134 Å². The van der Waals surface area contributed by atoms with Crippen LogP contribution in [-0.4, -0.2) is 31.3 Å². The van der Waals surface area contributed by atoms with Gasteiger partial charge in [0.25, 0.3) is 0 Å². The Hall–Kier alpha value is -2.82. The van der Waals surface area contributed by atoms with Gasteiger partial charge < -0.3 is 14.2 Å². The van der Waals surface area contributed by atoms with Crippen LogP contribution in [-0.2, 0) is 0 Å². The van der Waals surface area contributed by atoms with Crippen molar-refractivity contribution in [2.45, 2.75) is 6.92 Å². The van der Waals surface area contributed by atoms with E-state index in [2.05, 4.69) is 9.97 Å². The summed E-state index contributed by atoms with van der Waals surface area (Å²) in [7, 11) is 4.86. The molecule has 0 unspecified atom stereocenters. The van der Waals surface area contributed by atoms with Gasteiger partial charge in [-0.25, -0.2) is 4.98 Å². The molecule has 3 rings (SSSR count). The maximum Gasteiger partial charge on any atom is 0.212 e. The molecular weight excluding hydrogens is 292 g/mol. The van der Waals surface area contributed by atoms with E-state index in [0.29, 0.717) is 17.4 Å². The van der Waals surface area contributed by atoms with Gasteiger partial charge in [-0.1, -0.05) is 0 Å². The van der Waals surface area contributed by atoms with Crippen molar-refractivity contribution < 1.29 is 14.2 Å². The van der Waals surface area contributed by atoms with E-state index in [1.807, 2.05) is 37.3 Å². The van der Waals surface area contributed by atoms with E-state index in [-0.39, 0.29) is 0 Å². The average Bonchev–Trinajstić information content (AvgIpc) is 2.60. The van der Waals surface area contributed by atoms with E-state index in [9.17, 15) is 0 Å². The lowest BCUT2D eigenvalue weighted by molar-refractivity contribution is 0.356. The van der Waals surface area contributed by atoms with Crippen LogP contribution in [0.3, 0.4) is 0 Å². The Kier molecular flexibility index (Phi) is 4.02. The number of nitrogens with zero attached hydrogens (tertiary/aromatic N) is 2. The van der Waals surface area contributed by atoms with Gasteiger partial charge in [-0.3, -0.25) is 4.98 Å². The summed E-state index contributed by atoms with van der Waals surface area (Å²) in [6.07, 6.45) is 1.76. The third-order valence-electron chi connectivity index (χ3n) is 3.77. The third kappa shape index (κ3) is 2.77. The van der Waals surface area contributed by atoms with Crippen molar-refractivity contribution in [3.63, 3.8) is 0 Å². The molecule has 0 aliphatic rings. The van der Waals surface area contributed by atoms with Gasteiger partial charge in [0.2, 0.25) is 5.88 Å². The van der Waals surface area contributed by atoms with Crippen molar-refractivity contribution in [2.24, 2.45) is 0 Å². The SMILES string of the molecule is COc1ccc(-c2cc3cc(OC)c(OC)cc3c(C)n2)cn1. The maximum absolute atomic E-state index is 5.39. The van der Waals surface area contributed by atoms with Crippen LogP contribution in [0.15, 0.2) is 36.5 Å². The molecule has 0 spiro atoms. The number of aryl methyl sites for hydroxylation is 1. The minimum atomic E-state index is 0.581. The average molecular weight is 310 g/mol. The largest absolute Gasteiger partial charge is 0.493 e. The van der Waals surface area contributed by atoms with Crippen molar-refractivity contribution >= 4 is 10.8 Å². The zero-order valence-electron chi connectivity index (χ0n) is 13.6. The van der Waals surface area contributed by atoms with Crippen LogP contribution in [0.25, 0.3) is 22.0 Å². The molecule has 0 fully saturated rings. The summed E-state index contributed by atoms with van der Waals surface area (Å²) in [4.78, 5) is 8.92. The van der Waals surface area contributed by atoms with Crippen LogP contribution in [0.4, 0.5) is 0 Å². The Morgan fingerprint density at radius 2 is 1.61 bits per heavy atom. The second-order valence-electron chi connectivity index (χ2n) is 5.11. The van der Waals surface area contributed by atoms with E-state index in [1.165, 1.54) is 0 Å². The first-order chi connectivity index (χ1) is 11.2. The summed E-state index contributed by atoms with van der Waals surface area (Å²) >= 11 is 0. The number of rotatable bonds is 4. The molecule has 2 aromatic heterocycles. The first-order valence-corrected chi connectivity index (χ1v) is 7.20. The van der Waals surface area contributed by atoms with Crippen LogP contribution in [0.1, 0.15) is 5.69 Å². The van der Waals surface area contributed by atoms with Crippen LogP contribution in [0.2, 0.25) is 0 Å². The summed E-state index contributed by atoms with van der Waals surface area (Å²) in [6, 6.07) is 9.70. The highest BCUT2D eigenvalue weighted by molar-refractivity contribution is 5.90. The number of benzene rings is 1. The zero-order chi connectivity index (χ0) is 16.4. The molecule has 0 amide bonds. The molecule has 23 heavy (non-hydrogen) atoms. The monoisotopic (exact) mass is 310 g/mol. The molecule has 0 N–H and O–H groups in total. The molecule has 1 aromatic carbocycles. The number of aromatic nitrogens is 2. The van der Waals surface area contributed by atoms with Gasteiger partial charge in [-0.05, 0) is 36.6 Å². The molecule has 118 valence electrons. The van der Waals surface area contributed by atoms with Gasteiger partial charge in [0.15, 0.2) is 11.5 Å². The number of ether oxygens (including phenoxy) is 3. The van der Waals surface area contributed by atoms with Gasteiger partial charge in [0, 0.05) is 28.9 Å². The summed E-state index contributed by atoms with van der Waals surface area (Å²) in [6.45, 7) is 1.98. The highest BCUT2D eigenvalue weighted by atomic mass is 16.5. The number of hydrogen-bond donors (Lipinski definition) is 0. The lowest BCUT2D eigenvalue weighted by Gasteiger charge is -2.12. The first kappa shape index (κ1) is 15.1. The van der Waals surface area contributed by atoms with Gasteiger partial charge in [0.1, 0.15) is 0 Å². The van der Waals surface area contributed by atoms with Gasteiger partial charge in [-0.2, -0.15) is 0 Å². The number of pyridine rings is 2. The predicted octanol–water partition coefficient (Wildman–Crippen LogP) is 3.63. The van der Waals surface area contributed by atoms with Gasteiger partial charge in [0.05, 0.1) is 27.0 Å². The molecule has 0 aliphatic carbocycles. The predicted molar refractivity (Wildman–Crippen MR) is 89.4 cm³/mol. The zero-order valence-corrected chi connectivity index (χ0v) is 13.6. The third-order valence-corrected chi connectivity index (χ3v) is 3.77. The van der Waals surface area contributed by atoms with E-state index in [4.69, 9.17) is 14.2 Å². The summed E-state index contributed by atoms with van der Waals surface area (Å²) in [5, 5.41) is 2.08. The summed E-state index contributed by atoms with van der Waals surface area (Å²) < 4.78 is 15.8. The summed E-state index contributed by atoms with van der Waals surface area (Å²) in [5.41, 5.74) is 2.72. The van der Waals surface area contributed by atoms with Gasteiger partial charge in [-0.15, -0.1) is 0 Å². The molecule has 5 heteroatoms. The fraction of sp³-hybridized carbons (Fsp3) is 0.222. The minimum absolute atomic E-state index is 0.581. The Bertz CT molecular complexity index is 845. The van der Waals surface area contributed by atoms with Crippen molar-refractivity contribution in [3.05, 3.63) is 42.2 Å². The van der Waals surface area contributed by atoms with E-state index >= 15 is 0 Å². The first-order valence-electron chi connectivity index (χ1n) is 7.20. The molecular formula is C18H18N2O3. The Balaban J connectivity index is 2.15. The van der Waals surface area contributed by atoms with Crippen LogP contribution >= 0.6 is 0 Å². The second-order valence-corrected chi connectivity index (χ2v) is 5.11. The molecule has 0 aliphatic heterocycles. The fourth-order valence-corrected chi connectivity index (χ4v) is 2.55. The molecule has 0 bridgehead atoms. The maximum atomic E-state index is 5.39. The Morgan fingerprint density at radius 3 is 2.22 bits per heavy atom. The lowest BCUT2D eigenvalue weighted by atomic mass is 10.1. The fourth-order valence-electron chi connectivity index (χ4n) is 2.55. The second kappa shape index (κ2) is 6.12. The van der Waals surface area contributed by atoms with E-state index in [1.54, 1.807) is 27.5 Å². The highest BCUT2D eigenvalue weighted by Gasteiger charge is 2.11. The number of fused-ring (bicyclic) bond motifs is 1. The van der Waals surface area contributed by atoms with Crippen LogP contribution in [0, 0.1) is 6.92 Å². The molecule has 2 heterocycles. The van der Waals surface area contributed by atoms with Crippen molar-refractivity contribution in [1.82, 2.24) is 9.97 Å². The Morgan fingerprint density at radius 1 is 0.870 bits per heavy atom. The standard InChI is InChI=1S/C18H18N2O3/c1-11-14-9-17(22-3)16(21-2)8-13(14)7-15(20-11)12-5-6-18(23-4)19-10-12/h5-10H,1-4H3. The van der Waals surface area contributed by atoms with E-state index < -0.39 is 0 Å². The number of hydrogen-bond acceptors (Lipinski definition) is 5. The molecule has 0 atom stereocenters. The minimum Gasteiger partial charge on any atom is -0.493 e. The van der Waals surface area contributed by atoms with Crippen LogP contribution < -0.4 is 14.2 Å². The number of methoxy groups -OCH3 is 3.